The van der Waals surface area contributed by atoms with Crippen molar-refractivity contribution in [3.05, 3.63) is 65.5 Å². The number of rotatable bonds is 8. The van der Waals surface area contributed by atoms with Crippen molar-refractivity contribution in [1.29, 1.82) is 0 Å². The Morgan fingerprint density at radius 3 is 2.50 bits per heavy atom. The van der Waals surface area contributed by atoms with Gasteiger partial charge in [-0.3, -0.25) is 14.2 Å². The van der Waals surface area contributed by atoms with E-state index in [0.29, 0.717) is 28.8 Å². The normalized spacial score (nSPS) is 13.5. The van der Waals surface area contributed by atoms with Gasteiger partial charge in [0.15, 0.2) is 5.16 Å². The van der Waals surface area contributed by atoms with Gasteiger partial charge in [-0.25, -0.2) is 0 Å². The standard InChI is InChI=1S/C25H29N5O3S/c1-18-27-28-25(30(18)21-8-4-5-9-22(21)33-2)34-17-23(31)26-16-19-10-12-20(13-11-19)24(32)29-14-6-3-7-15-29/h4-5,8-13H,3,6-7,14-17H2,1-2H3,(H,26,31). The number of likely N-dealkylation sites (tertiary alicyclic amines) is 1. The van der Waals surface area contributed by atoms with Crippen LogP contribution < -0.4 is 10.1 Å². The van der Waals surface area contributed by atoms with Gasteiger partial charge < -0.3 is 15.0 Å². The quantitative estimate of drug-likeness (QED) is 0.497. The summed E-state index contributed by atoms with van der Waals surface area (Å²) in [5.74, 6) is 1.61. The molecule has 0 saturated carbocycles. The largest absolute Gasteiger partial charge is 0.495 e. The maximum atomic E-state index is 12.6. The number of thioether (sulfide) groups is 1. The van der Waals surface area contributed by atoms with Crippen molar-refractivity contribution in [2.24, 2.45) is 0 Å². The average molecular weight is 480 g/mol. The number of nitrogens with zero attached hydrogens (tertiary/aromatic N) is 4. The lowest BCUT2D eigenvalue weighted by Gasteiger charge is -2.26. The highest BCUT2D eigenvalue weighted by atomic mass is 32.2. The molecule has 9 heteroatoms. The molecule has 0 spiro atoms. The Morgan fingerprint density at radius 2 is 1.76 bits per heavy atom. The molecule has 1 aromatic heterocycles. The number of carbonyl (C=O) groups excluding carboxylic acids is 2. The highest BCUT2D eigenvalue weighted by Crippen LogP contribution is 2.28. The van der Waals surface area contributed by atoms with Crippen LogP contribution in [0.3, 0.4) is 0 Å². The van der Waals surface area contributed by atoms with Crippen LogP contribution in [0, 0.1) is 6.92 Å². The van der Waals surface area contributed by atoms with E-state index in [2.05, 4.69) is 15.5 Å². The summed E-state index contributed by atoms with van der Waals surface area (Å²) in [6, 6.07) is 15.1. The Labute approximate surface area is 203 Å². The lowest BCUT2D eigenvalue weighted by atomic mass is 10.1. The minimum absolute atomic E-state index is 0.0844. The number of ether oxygens (including phenoxy) is 1. The van der Waals surface area contributed by atoms with Gasteiger partial charge in [0.25, 0.3) is 5.91 Å². The van der Waals surface area contributed by atoms with Gasteiger partial charge in [-0.15, -0.1) is 10.2 Å². The summed E-state index contributed by atoms with van der Waals surface area (Å²) in [6.45, 7) is 3.93. The lowest BCUT2D eigenvalue weighted by Crippen LogP contribution is -2.35. The molecular weight excluding hydrogens is 450 g/mol. The summed E-state index contributed by atoms with van der Waals surface area (Å²) in [4.78, 5) is 27.0. The SMILES string of the molecule is COc1ccccc1-n1c(C)nnc1SCC(=O)NCc1ccc(C(=O)N2CCCCC2)cc1. The number of hydrogen-bond acceptors (Lipinski definition) is 6. The van der Waals surface area contributed by atoms with E-state index in [1.165, 1.54) is 18.2 Å². The highest BCUT2D eigenvalue weighted by Gasteiger charge is 2.18. The van der Waals surface area contributed by atoms with Crippen molar-refractivity contribution < 1.29 is 14.3 Å². The van der Waals surface area contributed by atoms with E-state index in [1.54, 1.807) is 7.11 Å². The van der Waals surface area contributed by atoms with Gasteiger partial charge in [0, 0.05) is 25.2 Å². The van der Waals surface area contributed by atoms with Crippen LogP contribution >= 0.6 is 11.8 Å². The molecule has 0 aliphatic carbocycles. The Hall–Kier alpha value is -3.33. The third-order valence-corrected chi connectivity index (χ3v) is 6.72. The van der Waals surface area contributed by atoms with Crippen molar-refractivity contribution in [2.45, 2.75) is 37.9 Å². The van der Waals surface area contributed by atoms with Crippen LogP contribution in [0.5, 0.6) is 5.75 Å². The Morgan fingerprint density at radius 1 is 1.03 bits per heavy atom. The fraction of sp³-hybridized carbons (Fsp3) is 0.360. The molecule has 2 heterocycles. The fourth-order valence-corrected chi connectivity index (χ4v) is 4.78. The molecule has 0 radical (unpaired) electrons. The van der Waals surface area contributed by atoms with Crippen LogP contribution in [0.15, 0.2) is 53.7 Å². The van der Waals surface area contributed by atoms with Gasteiger partial charge in [-0.1, -0.05) is 36.0 Å². The molecule has 178 valence electrons. The van der Waals surface area contributed by atoms with Crippen molar-refractivity contribution in [1.82, 2.24) is 25.0 Å². The van der Waals surface area contributed by atoms with Gasteiger partial charge in [-0.05, 0) is 56.0 Å². The zero-order chi connectivity index (χ0) is 23.9. The van der Waals surface area contributed by atoms with Crippen molar-refractivity contribution in [2.75, 3.05) is 26.0 Å². The number of piperidine rings is 1. The monoisotopic (exact) mass is 479 g/mol. The van der Waals surface area contributed by atoms with E-state index in [4.69, 9.17) is 4.74 Å². The van der Waals surface area contributed by atoms with Crippen LogP contribution in [0.1, 0.15) is 41.0 Å². The first-order chi connectivity index (χ1) is 16.6. The second-order valence-electron chi connectivity index (χ2n) is 8.15. The second kappa shape index (κ2) is 11.2. The van der Waals surface area contributed by atoms with Gasteiger partial charge in [0.2, 0.25) is 5.91 Å². The predicted octanol–water partition coefficient (Wildman–Crippen LogP) is 3.62. The second-order valence-corrected chi connectivity index (χ2v) is 9.09. The van der Waals surface area contributed by atoms with Crippen LogP contribution in [0.4, 0.5) is 0 Å². The fourth-order valence-electron chi connectivity index (χ4n) is 3.95. The van der Waals surface area contributed by atoms with Crippen molar-refractivity contribution in [3.8, 4) is 11.4 Å². The van der Waals surface area contributed by atoms with E-state index in [9.17, 15) is 9.59 Å². The van der Waals surface area contributed by atoms with E-state index < -0.39 is 0 Å². The maximum Gasteiger partial charge on any atom is 0.253 e. The highest BCUT2D eigenvalue weighted by molar-refractivity contribution is 7.99. The zero-order valence-electron chi connectivity index (χ0n) is 19.5. The van der Waals surface area contributed by atoms with Crippen LogP contribution in [-0.4, -0.2) is 57.4 Å². The Balaban J connectivity index is 1.31. The summed E-state index contributed by atoms with van der Waals surface area (Å²) < 4.78 is 7.34. The summed E-state index contributed by atoms with van der Waals surface area (Å²) >= 11 is 1.32. The Kier molecular flexibility index (Phi) is 7.84. The van der Waals surface area contributed by atoms with Crippen LogP contribution in [0.2, 0.25) is 0 Å². The number of hydrogen-bond donors (Lipinski definition) is 1. The molecule has 8 nitrogen and oxygen atoms in total. The first-order valence-corrected chi connectivity index (χ1v) is 12.4. The van der Waals surface area contributed by atoms with Crippen LogP contribution in [-0.2, 0) is 11.3 Å². The molecule has 34 heavy (non-hydrogen) atoms. The molecule has 2 aromatic carbocycles. The van der Waals surface area contributed by atoms with E-state index in [1.807, 2.05) is 64.9 Å². The number of aromatic nitrogens is 3. The first-order valence-electron chi connectivity index (χ1n) is 11.4. The molecule has 1 saturated heterocycles. The number of carbonyl (C=O) groups is 2. The first kappa shape index (κ1) is 23.8. The summed E-state index contributed by atoms with van der Waals surface area (Å²) in [6.07, 6.45) is 3.34. The van der Waals surface area contributed by atoms with Gasteiger partial charge in [-0.2, -0.15) is 0 Å². The molecule has 1 fully saturated rings. The maximum absolute atomic E-state index is 12.6. The molecule has 0 unspecified atom stereocenters. The minimum Gasteiger partial charge on any atom is -0.495 e. The van der Waals surface area contributed by atoms with E-state index >= 15 is 0 Å². The number of para-hydroxylation sites is 2. The smallest absolute Gasteiger partial charge is 0.253 e. The molecule has 4 rings (SSSR count). The molecule has 1 aliphatic heterocycles. The molecule has 1 N–H and O–H groups in total. The molecule has 3 aromatic rings. The number of nitrogens with one attached hydrogen (secondary N) is 1. The van der Waals surface area contributed by atoms with Crippen molar-refractivity contribution in [3.63, 3.8) is 0 Å². The number of benzene rings is 2. The minimum atomic E-state index is -0.106. The third-order valence-electron chi connectivity index (χ3n) is 5.79. The van der Waals surface area contributed by atoms with Gasteiger partial charge >= 0.3 is 0 Å². The summed E-state index contributed by atoms with van der Waals surface area (Å²) in [7, 11) is 1.62. The molecule has 0 bridgehead atoms. The van der Waals surface area contributed by atoms with Crippen LogP contribution in [0.25, 0.3) is 5.69 Å². The third kappa shape index (κ3) is 5.59. The summed E-state index contributed by atoms with van der Waals surface area (Å²) in [5, 5.41) is 12.0. The van der Waals surface area contributed by atoms with E-state index in [-0.39, 0.29) is 17.6 Å². The average Bonchev–Trinajstić information content (AvgIpc) is 3.26. The Bertz CT molecular complexity index is 1140. The zero-order valence-corrected chi connectivity index (χ0v) is 20.3. The topological polar surface area (TPSA) is 89.3 Å². The van der Waals surface area contributed by atoms with Crippen molar-refractivity contribution >= 4 is 23.6 Å². The van der Waals surface area contributed by atoms with Gasteiger partial charge in [0.05, 0.1) is 18.6 Å². The number of amides is 2. The predicted molar refractivity (Wildman–Crippen MR) is 131 cm³/mol. The molecule has 2 amide bonds. The summed E-state index contributed by atoms with van der Waals surface area (Å²) in [5.41, 5.74) is 2.47. The lowest BCUT2D eigenvalue weighted by molar-refractivity contribution is -0.118. The number of aryl methyl sites for hydroxylation is 1. The number of methoxy groups -OCH3 is 1. The molecule has 0 atom stereocenters. The molecular formula is C25H29N5O3S. The molecule has 1 aliphatic rings. The van der Waals surface area contributed by atoms with E-state index in [0.717, 1.165) is 37.2 Å². The van der Waals surface area contributed by atoms with Gasteiger partial charge in [0.1, 0.15) is 11.6 Å².